The van der Waals surface area contributed by atoms with E-state index >= 15 is 0 Å². The van der Waals surface area contributed by atoms with Gasteiger partial charge >= 0.3 is 6.18 Å². The van der Waals surface area contributed by atoms with Gasteiger partial charge in [0.25, 0.3) is 0 Å². The number of benzene rings is 1. The van der Waals surface area contributed by atoms with Crippen molar-refractivity contribution in [2.45, 2.75) is 63.7 Å². The van der Waals surface area contributed by atoms with E-state index in [1.807, 2.05) is 39.8 Å². The molecule has 0 saturated heterocycles. The lowest BCUT2D eigenvalue weighted by molar-refractivity contribution is -0.164. The smallest absolute Gasteiger partial charge is 0.350 e. The average Bonchev–Trinajstić information content (AvgIpc) is 3.84. The van der Waals surface area contributed by atoms with E-state index in [2.05, 4.69) is 25.6 Å². The van der Waals surface area contributed by atoms with Gasteiger partial charge in [-0.15, -0.1) is 0 Å². The van der Waals surface area contributed by atoms with E-state index in [1.54, 1.807) is 30.5 Å². The van der Waals surface area contributed by atoms with Gasteiger partial charge < -0.3 is 10.6 Å². The Morgan fingerprint density at radius 3 is 2.13 bits per heavy atom. The highest BCUT2D eigenvalue weighted by Gasteiger charge is 2.62. The maximum atomic E-state index is 12.6. The molecule has 0 spiro atoms. The van der Waals surface area contributed by atoms with Crippen molar-refractivity contribution >= 4 is 43.4 Å². The van der Waals surface area contributed by atoms with Gasteiger partial charge in [0, 0.05) is 12.8 Å². The van der Waals surface area contributed by atoms with Crippen LogP contribution in [0.1, 0.15) is 51.8 Å². The van der Waals surface area contributed by atoms with Gasteiger partial charge in [-0.3, -0.25) is 0 Å². The fraction of sp³-hybridized carbons (Fsp3) is 0.433. The first-order valence-electron chi connectivity index (χ1n) is 14.3. The minimum Gasteiger partial charge on any atom is -0.350 e. The molecule has 0 bridgehead atoms. The lowest BCUT2D eigenvalue weighted by atomic mass is 10.1. The van der Waals surface area contributed by atoms with Gasteiger partial charge in [0.2, 0.25) is 5.95 Å². The molecular formula is C30H42F4N6O3S2. The quantitative estimate of drug-likeness (QED) is 0.178. The number of pyridine rings is 1. The van der Waals surface area contributed by atoms with Crippen LogP contribution in [0.3, 0.4) is 0 Å². The average molecular weight is 675 g/mol. The third kappa shape index (κ3) is 12.9. The van der Waals surface area contributed by atoms with Crippen LogP contribution in [0.25, 0.3) is 16.6 Å². The molecule has 15 heteroatoms. The van der Waals surface area contributed by atoms with E-state index < -0.39 is 39.2 Å². The molecule has 3 aromatic rings. The van der Waals surface area contributed by atoms with Gasteiger partial charge in [0.15, 0.2) is 9.84 Å². The van der Waals surface area contributed by atoms with Crippen molar-refractivity contribution in [1.29, 1.82) is 0 Å². The predicted octanol–water partition coefficient (Wildman–Crippen LogP) is 5.93. The molecule has 4 rings (SSSR count). The second-order valence-electron chi connectivity index (χ2n) is 9.23. The fourth-order valence-corrected chi connectivity index (χ4v) is 4.45. The zero-order chi connectivity index (χ0) is 34.3. The summed E-state index contributed by atoms with van der Waals surface area (Å²) in [5, 5.41) is 10.7. The summed E-state index contributed by atoms with van der Waals surface area (Å²) in [7, 11) is -3.39. The summed E-state index contributed by atoms with van der Waals surface area (Å²) >= 11 is 0. The van der Waals surface area contributed by atoms with E-state index in [-0.39, 0.29) is 18.6 Å². The van der Waals surface area contributed by atoms with Crippen LogP contribution in [0.15, 0.2) is 65.7 Å². The number of rotatable bonds is 10. The summed E-state index contributed by atoms with van der Waals surface area (Å²) in [6.45, 7) is 7.79. The van der Waals surface area contributed by atoms with E-state index in [9.17, 15) is 30.2 Å². The van der Waals surface area contributed by atoms with Crippen molar-refractivity contribution in [1.82, 2.24) is 20.3 Å². The number of halogens is 4. The third-order valence-electron chi connectivity index (χ3n) is 6.10. The fourth-order valence-electron chi connectivity index (χ4n) is 3.56. The molecule has 9 nitrogen and oxygen atoms in total. The Kier molecular flexibility index (Phi) is 16.5. The van der Waals surface area contributed by atoms with Crippen molar-refractivity contribution in [2.24, 2.45) is 5.14 Å². The molecule has 1 saturated carbocycles. The molecule has 4 N–H and O–H groups in total. The van der Waals surface area contributed by atoms with Crippen molar-refractivity contribution in [2.75, 3.05) is 31.0 Å². The van der Waals surface area contributed by atoms with Gasteiger partial charge in [-0.05, 0) is 55.3 Å². The lowest BCUT2D eigenvalue weighted by Gasteiger charge is -2.17. The molecule has 1 aliphatic rings. The number of alkyl halides is 4. The highest BCUT2D eigenvalue weighted by molar-refractivity contribution is 7.90. The monoisotopic (exact) mass is 674 g/mol. The van der Waals surface area contributed by atoms with Crippen LogP contribution in [0.2, 0.25) is 0 Å². The Labute approximate surface area is 265 Å². The molecule has 250 valence electrons. The van der Waals surface area contributed by atoms with Crippen molar-refractivity contribution < 1.29 is 30.2 Å². The van der Waals surface area contributed by atoms with Gasteiger partial charge in [-0.1, -0.05) is 58.1 Å². The maximum Gasteiger partial charge on any atom is 0.406 e. The summed E-state index contributed by atoms with van der Waals surface area (Å²) < 4.78 is 82.3. The van der Waals surface area contributed by atoms with E-state index in [4.69, 9.17) is 5.14 Å². The van der Waals surface area contributed by atoms with E-state index in [0.717, 1.165) is 11.8 Å². The SMILES string of the molecule is CC.CC.CNC1(C(F)(F)F)CC1.CS(=O)(=O)C/C=C(\C=C/CF)c1ccc2nc(NCc3ccc(S(N)=O)cc3)ncc2n1. The lowest BCUT2D eigenvalue weighted by Crippen LogP contribution is -2.42. The standard InChI is InChI=1S/C21H22FN5O3S2.C5H8F3N.2C2H6/c1-32(29,30)12-10-16(3-2-11-22)18-8-9-19-20(26-18)14-25-21(27-19)24-13-15-4-6-17(7-5-15)31(23)28;1-9-4(2-3-4)5(6,7)8;2*1-2/h2-10,14H,11-13,23H2,1H3,(H,24,25,27);9H,2-3H2,1H3;2*1-2H3/b3-2-,16-10+;;;. The third-order valence-corrected chi connectivity index (χ3v) is 7.61. The molecule has 1 fully saturated rings. The molecule has 1 aliphatic carbocycles. The zero-order valence-corrected chi connectivity index (χ0v) is 27.9. The second-order valence-corrected chi connectivity index (χ2v) is 12.5. The minimum absolute atomic E-state index is 0.180. The van der Waals surface area contributed by atoms with Crippen LogP contribution in [-0.2, 0) is 27.4 Å². The van der Waals surface area contributed by atoms with Crippen LogP contribution in [-0.4, -0.2) is 65.0 Å². The second kappa shape index (κ2) is 18.6. The van der Waals surface area contributed by atoms with Crippen LogP contribution in [0.4, 0.5) is 23.5 Å². The first kappa shape index (κ1) is 39.8. The van der Waals surface area contributed by atoms with Crippen molar-refractivity contribution in [3.05, 3.63) is 72.1 Å². The molecule has 0 radical (unpaired) electrons. The van der Waals surface area contributed by atoms with Crippen LogP contribution in [0.5, 0.6) is 0 Å². The molecule has 2 heterocycles. The van der Waals surface area contributed by atoms with Gasteiger partial charge in [0.05, 0.1) is 28.1 Å². The number of nitrogens with two attached hydrogens (primary N) is 1. The molecule has 2 aromatic heterocycles. The number of anilines is 1. The number of sulfone groups is 1. The summed E-state index contributed by atoms with van der Waals surface area (Å²) in [4.78, 5) is 13.7. The summed E-state index contributed by atoms with van der Waals surface area (Å²) in [5.74, 6) is 0.226. The largest absolute Gasteiger partial charge is 0.406 e. The maximum absolute atomic E-state index is 12.6. The molecular weight excluding hydrogens is 632 g/mol. The predicted molar refractivity (Wildman–Crippen MR) is 174 cm³/mol. The molecule has 0 amide bonds. The van der Waals surface area contributed by atoms with Crippen LogP contribution >= 0.6 is 0 Å². The summed E-state index contributed by atoms with van der Waals surface area (Å²) in [5.41, 5.74) is 1.52. The molecule has 1 atom stereocenters. The molecule has 1 aromatic carbocycles. The number of nitrogens with one attached hydrogen (secondary N) is 2. The number of hydrogen-bond acceptors (Lipinski definition) is 8. The molecule has 1 unspecified atom stereocenters. The molecule has 0 aliphatic heterocycles. The normalized spacial score (nSPS) is 14.7. The highest BCUT2D eigenvalue weighted by atomic mass is 32.2. The summed E-state index contributed by atoms with van der Waals surface area (Å²) in [6, 6.07) is 10.5. The van der Waals surface area contributed by atoms with E-state index in [0.29, 0.717) is 39.7 Å². The summed E-state index contributed by atoms with van der Waals surface area (Å²) in [6.07, 6.45) is 3.38. The topological polar surface area (TPSA) is 140 Å². The first-order valence-corrected chi connectivity index (χ1v) is 17.5. The number of hydrogen-bond donors (Lipinski definition) is 3. The Balaban J connectivity index is 0.000000655. The first-order chi connectivity index (χ1) is 21.3. The van der Waals surface area contributed by atoms with Crippen molar-refractivity contribution in [3.63, 3.8) is 0 Å². The molecule has 45 heavy (non-hydrogen) atoms. The number of aromatic nitrogens is 3. The Morgan fingerprint density at radius 1 is 1.04 bits per heavy atom. The van der Waals surface area contributed by atoms with Crippen molar-refractivity contribution in [3.8, 4) is 0 Å². The Hall–Kier alpha value is -3.27. The van der Waals surface area contributed by atoms with Gasteiger partial charge in [-0.2, -0.15) is 13.2 Å². The van der Waals surface area contributed by atoms with E-state index in [1.165, 1.54) is 25.3 Å². The number of nitrogens with zero attached hydrogens (tertiary/aromatic N) is 3. The van der Waals surface area contributed by atoms with Gasteiger partial charge in [-0.25, -0.2) is 37.1 Å². The number of allylic oxidation sites excluding steroid dienone is 3. The number of fused-ring (bicyclic) bond motifs is 1. The van der Waals surface area contributed by atoms with Gasteiger partial charge in [0.1, 0.15) is 28.7 Å². The van der Waals surface area contributed by atoms with Crippen LogP contribution in [0, 0.1) is 0 Å². The Bertz CT molecular complexity index is 1540. The van der Waals surface area contributed by atoms with Crippen LogP contribution < -0.4 is 15.8 Å². The minimum atomic E-state index is -4.05. The zero-order valence-electron chi connectivity index (χ0n) is 26.3. The Morgan fingerprint density at radius 2 is 1.67 bits per heavy atom. The highest BCUT2D eigenvalue weighted by Crippen LogP contribution is 2.48.